The summed E-state index contributed by atoms with van der Waals surface area (Å²) in [4.78, 5) is 15.5. The first-order valence-electron chi connectivity index (χ1n) is 10.4. The highest BCUT2D eigenvalue weighted by molar-refractivity contribution is 8.01. The summed E-state index contributed by atoms with van der Waals surface area (Å²) in [7, 11) is 0. The standard InChI is InChI=1S/C24H30N2OS/c1-5-25(6-2)24(27)23-21-17-11-7-9-13-19(17)26(15-16(3)4)22(21)18-12-8-10-14-20(18)28-23/h8,10-13,20,23H,3,5-7,9,14-15H2,1-2,4H3. The molecular formula is C24H30N2OS. The van der Waals surface area contributed by atoms with Gasteiger partial charge in [0.1, 0.15) is 5.25 Å². The Balaban J connectivity index is 2.00. The zero-order chi connectivity index (χ0) is 19.8. The number of likely N-dealkylation sites (N-methyl/N-ethyl adjacent to an activating group) is 1. The van der Waals surface area contributed by atoms with Gasteiger partial charge in [0.15, 0.2) is 0 Å². The fraction of sp³-hybridized carbons (Fsp3) is 0.458. The fourth-order valence-corrected chi connectivity index (χ4v) is 6.18. The number of carbonyl (C=O) groups is 1. The van der Waals surface area contributed by atoms with Crippen molar-refractivity contribution in [1.82, 2.24) is 9.47 Å². The molecule has 1 aromatic heterocycles. The van der Waals surface area contributed by atoms with Crippen molar-refractivity contribution in [1.29, 1.82) is 0 Å². The van der Waals surface area contributed by atoms with Crippen LogP contribution >= 0.6 is 11.8 Å². The maximum absolute atomic E-state index is 13.5. The molecule has 148 valence electrons. The summed E-state index contributed by atoms with van der Waals surface area (Å²) in [5.41, 5.74) is 5.05. The smallest absolute Gasteiger partial charge is 0.240 e. The van der Waals surface area contributed by atoms with Crippen LogP contribution in [0.25, 0.3) is 17.7 Å². The fourth-order valence-electron chi connectivity index (χ4n) is 4.65. The first kappa shape index (κ1) is 19.4. The lowest BCUT2D eigenvalue weighted by molar-refractivity contribution is -0.130. The topological polar surface area (TPSA) is 25.2 Å². The largest absolute Gasteiger partial charge is 0.342 e. The van der Waals surface area contributed by atoms with Crippen LogP contribution in [0.4, 0.5) is 0 Å². The van der Waals surface area contributed by atoms with Crippen LogP contribution in [0.5, 0.6) is 0 Å². The lowest BCUT2D eigenvalue weighted by Crippen LogP contribution is -2.39. The van der Waals surface area contributed by atoms with E-state index in [0.29, 0.717) is 5.25 Å². The van der Waals surface area contributed by atoms with Crippen LogP contribution < -0.4 is 10.6 Å². The van der Waals surface area contributed by atoms with Gasteiger partial charge in [0, 0.05) is 41.0 Å². The highest BCUT2D eigenvalue weighted by atomic mass is 32.2. The molecule has 2 aliphatic carbocycles. The molecule has 0 aromatic carbocycles. The summed E-state index contributed by atoms with van der Waals surface area (Å²) in [5.74, 6) is 0.263. The molecule has 4 heteroatoms. The number of aromatic nitrogens is 1. The van der Waals surface area contributed by atoms with Gasteiger partial charge in [0.05, 0.1) is 5.69 Å². The minimum Gasteiger partial charge on any atom is -0.342 e. The van der Waals surface area contributed by atoms with Crippen LogP contribution in [-0.4, -0.2) is 33.7 Å². The minimum atomic E-state index is -0.119. The molecule has 0 N–H and O–H groups in total. The maximum Gasteiger partial charge on any atom is 0.240 e. The van der Waals surface area contributed by atoms with E-state index in [4.69, 9.17) is 0 Å². The van der Waals surface area contributed by atoms with E-state index >= 15 is 0 Å². The Bertz CT molecular complexity index is 991. The van der Waals surface area contributed by atoms with Gasteiger partial charge in [-0.25, -0.2) is 0 Å². The Hall–Kier alpha value is -1.94. The summed E-state index contributed by atoms with van der Waals surface area (Å²) in [6.45, 7) is 12.8. The summed E-state index contributed by atoms with van der Waals surface area (Å²) in [5, 5.41) is 2.80. The van der Waals surface area contributed by atoms with Crippen LogP contribution in [0.15, 0.2) is 30.4 Å². The second kappa shape index (κ2) is 7.82. The number of fused-ring (bicyclic) bond motifs is 5. The number of allylic oxidation sites excluding steroid dienone is 4. The quantitative estimate of drug-likeness (QED) is 0.710. The molecule has 2 heterocycles. The Morgan fingerprint density at radius 1 is 1.29 bits per heavy atom. The van der Waals surface area contributed by atoms with E-state index in [2.05, 4.69) is 62.3 Å². The molecule has 0 saturated heterocycles. The van der Waals surface area contributed by atoms with Crippen molar-refractivity contribution in [3.05, 3.63) is 52.2 Å². The molecule has 0 fully saturated rings. The van der Waals surface area contributed by atoms with Crippen molar-refractivity contribution >= 4 is 35.4 Å². The Morgan fingerprint density at radius 2 is 2.04 bits per heavy atom. The molecule has 1 amide bonds. The number of amides is 1. The van der Waals surface area contributed by atoms with Crippen molar-refractivity contribution < 1.29 is 4.79 Å². The van der Waals surface area contributed by atoms with Gasteiger partial charge in [-0.2, -0.15) is 0 Å². The Labute approximate surface area is 172 Å². The Kier molecular flexibility index (Phi) is 5.42. The van der Waals surface area contributed by atoms with Crippen molar-refractivity contribution in [3.8, 4) is 0 Å². The predicted octanol–water partition coefficient (Wildman–Crippen LogP) is 3.79. The summed E-state index contributed by atoms with van der Waals surface area (Å²) >= 11 is 1.85. The van der Waals surface area contributed by atoms with Crippen molar-refractivity contribution in [2.75, 3.05) is 13.1 Å². The number of carbonyl (C=O) groups excluding carboxylic acids is 1. The summed E-state index contributed by atoms with van der Waals surface area (Å²) in [6.07, 6.45) is 14.5. The van der Waals surface area contributed by atoms with Crippen molar-refractivity contribution in [3.63, 3.8) is 0 Å². The molecule has 0 spiro atoms. The zero-order valence-electron chi connectivity index (χ0n) is 17.2. The SMILES string of the molecule is C=C(C)Cn1c2c(c3c1=CCCC=3)C(C(=O)N(CC)CC)SC1CC=CC=C21. The van der Waals surface area contributed by atoms with E-state index in [1.807, 2.05) is 16.7 Å². The third-order valence-corrected chi connectivity index (χ3v) is 7.39. The van der Waals surface area contributed by atoms with Gasteiger partial charge in [0.25, 0.3) is 0 Å². The third-order valence-electron chi connectivity index (χ3n) is 5.91. The third kappa shape index (κ3) is 3.12. The van der Waals surface area contributed by atoms with Gasteiger partial charge in [-0.3, -0.25) is 4.79 Å². The maximum atomic E-state index is 13.5. The molecule has 2 unspecified atom stereocenters. The van der Waals surface area contributed by atoms with E-state index in [1.54, 1.807) is 0 Å². The predicted molar refractivity (Wildman–Crippen MR) is 120 cm³/mol. The van der Waals surface area contributed by atoms with Crippen LogP contribution in [0.1, 0.15) is 56.5 Å². The second-order valence-corrected chi connectivity index (χ2v) is 9.20. The van der Waals surface area contributed by atoms with Crippen LogP contribution in [0, 0.1) is 0 Å². The lowest BCUT2D eigenvalue weighted by Gasteiger charge is -2.35. The zero-order valence-corrected chi connectivity index (χ0v) is 18.0. The van der Waals surface area contributed by atoms with Crippen molar-refractivity contribution in [2.24, 2.45) is 0 Å². The first-order chi connectivity index (χ1) is 13.6. The number of nitrogens with zero attached hydrogens (tertiary/aromatic N) is 2. The molecule has 3 nitrogen and oxygen atoms in total. The van der Waals surface area contributed by atoms with Crippen molar-refractivity contribution in [2.45, 2.75) is 57.1 Å². The highest BCUT2D eigenvalue weighted by Gasteiger charge is 2.40. The molecule has 3 aliphatic rings. The van der Waals surface area contributed by atoms with Crippen LogP contribution in [-0.2, 0) is 11.3 Å². The van der Waals surface area contributed by atoms with Gasteiger partial charge >= 0.3 is 0 Å². The lowest BCUT2D eigenvalue weighted by atomic mass is 9.94. The normalized spacial score (nSPS) is 22.2. The van der Waals surface area contributed by atoms with Gasteiger partial charge in [-0.05, 0) is 45.6 Å². The average Bonchev–Trinajstić information content (AvgIpc) is 3.02. The Morgan fingerprint density at radius 3 is 2.75 bits per heavy atom. The molecular weight excluding hydrogens is 364 g/mol. The minimum absolute atomic E-state index is 0.119. The molecule has 0 bridgehead atoms. The average molecular weight is 395 g/mol. The van der Waals surface area contributed by atoms with E-state index in [9.17, 15) is 4.79 Å². The molecule has 2 atom stereocenters. The summed E-state index contributed by atoms with van der Waals surface area (Å²) in [6, 6.07) is 0. The molecule has 1 aromatic rings. The number of thioether (sulfide) groups is 1. The van der Waals surface area contributed by atoms with E-state index < -0.39 is 0 Å². The number of rotatable bonds is 5. The number of hydrogen-bond acceptors (Lipinski definition) is 2. The van der Waals surface area contributed by atoms with Gasteiger partial charge < -0.3 is 9.47 Å². The summed E-state index contributed by atoms with van der Waals surface area (Å²) < 4.78 is 2.43. The van der Waals surface area contributed by atoms with Gasteiger partial charge in [-0.1, -0.05) is 42.5 Å². The van der Waals surface area contributed by atoms with Crippen LogP contribution in [0.3, 0.4) is 0 Å². The van der Waals surface area contributed by atoms with Gasteiger partial charge in [0.2, 0.25) is 5.91 Å². The first-order valence-corrected chi connectivity index (χ1v) is 11.4. The molecule has 4 rings (SSSR count). The second-order valence-electron chi connectivity index (χ2n) is 7.89. The molecule has 28 heavy (non-hydrogen) atoms. The van der Waals surface area contributed by atoms with Crippen LogP contribution in [0.2, 0.25) is 0 Å². The molecule has 1 aliphatic heterocycles. The molecule has 0 saturated carbocycles. The van der Waals surface area contributed by atoms with Gasteiger partial charge in [-0.15, -0.1) is 11.8 Å². The number of hydrogen-bond donors (Lipinski definition) is 0. The highest BCUT2D eigenvalue weighted by Crippen LogP contribution is 2.48. The van der Waals surface area contributed by atoms with E-state index in [-0.39, 0.29) is 11.2 Å². The van der Waals surface area contributed by atoms with E-state index in [0.717, 1.165) is 44.5 Å². The monoisotopic (exact) mass is 394 g/mol. The van der Waals surface area contributed by atoms with E-state index in [1.165, 1.54) is 27.4 Å². The molecule has 0 radical (unpaired) electrons.